The molecule has 0 saturated heterocycles. The first-order chi connectivity index (χ1) is 8.69. The summed E-state index contributed by atoms with van der Waals surface area (Å²) in [6, 6.07) is 1.97. The fourth-order valence-corrected chi connectivity index (χ4v) is 2.66. The Kier molecular flexibility index (Phi) is 9.87. The molecule has 19 heavy (non-hydrogen) atoms. The Hall–Kier alpha value is -0.620. The van der Waals surface area contributed by atoms with E-state index in [1.807, 2.05) is 6.07 Å². The molecule has 1 amide bonds. The fourth-order valence-electron chi connectivity index (χ4n) is 1.63. The predicted molar refractivity (Wildman–Crippen MR) is 82.8 cm³/mol. The lowest BCUT2D eigenvalue weighted by molar-refractivity contribution is 0.0957. The highest BCUT2D eigenvalue weighted by Crippen LogP contribution is 2.21. The Labute approximate surface area is 125 Å². The van der Waals surface area contributed by atoms with Gasteiger partial charge in [0.15, 0.2) is 0 Å². The van der Waals surface area contributed by atoms with E-state index < -0.39 is 0 Å². The number of hydrogen-bond donors (Lipinski definition) is 2. The molecule has 1 rings (SSSR count). The Morgan fingerprint density at radius 3 is 2.68 bits per heavy atom. The van der Waals surface area contributed by atoms with Gasteiger partial charge in [-0.1, -0.05) is 6.92 Å². The second kappa shape index (κ2) is 10.2. The van der Waals surface area contributed by atoms with Crippen molar-refractivity contribution in [3.63, 3.8) is 0 Å². The van der Waals surface area contributed by atoms with Crippen LogP contribution in [0.3, 0.4) is 0 Å². The zero-order valence-corrected chi connectivity index (χ0v) is 13.4. The van der Waals surface area contributed by atoms with Crippen LogP contribution in [0.1, 0.15) is 27.0 Å². The zero-order chi connectivity index (χ0) is 13.4. The summed E-state index contributed by atoms with van der Waals surface area (Å²) in [5, 5.41) is 6.09. The number of aryl methyl sites for hydroxylation is 2. The highest BCUT2D eigenvalue weighted by Gasteiger charge is 2.10. The van der Waals surface area contributed by atoms with Crippen molar-refractivity contribution in [3.05, 3.63) is 21.4 Å². The third-order valence-corrected chi connectivity index (χ3v) is 4.02. The molecule has 0 saturated carbocycles. The van der Waals surface area contributed by atoms with Crippen molar-refractivity contribution in [2.45, 2.75) is 20.3 Å². The normalized spacial score (nSPS) is 10.1. The second-order valence-corrected chi connectivity index (χ2v) is 5.21. The molecular formula is C13H23ClN2O2S. The summed E-state index contributed by atoms with van der Waals surface area (Å²) in [6.45, 7) is 7.07. The lowest BCUT2D eigenvalue weighted by Crippen LogP contribution is -2.32. The monoisotopic (exact) mass is 306 g/mol. The number of rotatable bonds is 8. The van der Waals surface area contributed by atoms with Crippen molar-refractivity contribution in [3.8, 4) is 0 Å². The van der Waals surface area contributed by atoms with Crippen molar-refractivity contribution in [2.75, 3.05) is 33.4 Å². The quantitative estimate of drug-likeness (QED) is 0.722. The molecule has 6 heteroatoms. The second-order valence-electron chi connectivity index (χ2n) is 4.07. The molecule has 0 fully saturated rings. The van der Waals surface area contributed by atoms with Gasteiger partial charge in [0, 0.05) is 31.6 Å². The number of nitrogens with one attached hydrogen (secondary N) is 2. The molecule has 2 N–H and O–H groups in total. The molecule has 4 nitrogen and oxygen atoms in total. The number of amides is 1. The summed E-state index contributed by atoms with van der Waals surface area (Å²) >= 11 is 1.59. The molecule has 0 atom stereocenters. The summed E-state index contributed by atoms with van der Waals surface area (Å²) in [7, 11) is 1.67. The van der Waals surface area contributed by atoms with Gasteiger partial charge in [0.2, 0.25) is 0 Å². The summed E-state index contributed by atoms with van der Waals surface area (Å²) in [5.74, 6) is 0.0244. The van der Waals surface area contributed by atoms with E-state index in [0.29, 0.717) is 13.2 Å². The van der Waals surface area contributed by atoms with Gasteiger partial charge in [0.05, 0.1) is 11.5 Å². The van der Waals surface area contributed by atoms with Crippen LogP contribution in [0.2, 0.25) is 0 Å². The van der Waals surface area contributed by atoms with Gasteiger partial charge in [-0.05, 0) is 25.0 Å². The largest absolute Gasteiger partial charge is 0.383 e. The van der Waals surface area contributed by atoms with Crippen LogP contribution < -0.4 is 10.6 Å². The van der Waals surface area contributed by atoms with Crippen LogP contribution >= 0.6 is 23.7 Å². The summed E-state index contributed by atoms with van der Waals surface area (Å²) < 4.78 is 4.92. The summed E-state index contributed by atoms with van der Waals surface area (Å²) in [6.07, 6.45) is 0.988. The van der Waals surface area contributed by atoms with E-state index >= 15 is 0 Å². The Morgan fingerprint density at radius 2 is 2.11 bits per heavy atom. The number of methoxy groups -OCH3 is 1. The first-order valence-corrected chi connectivity index (χ1v) is 7.07. The molecule has 0 spiro atoms. The van der Waals surface area contributed by atoms with Gasteiger partial charge in [-0.3, -0.25) is 4.79 Å². The van der Waals surface area contributed by atoms with Gasteiger partial charge in [0.25, 0.3) is 5.91 Å². The number of carbonyl (C=O) groups is 1. The number of halogens is 1. The maximum absolute atomic E-state index is 11.9. The molecule has 110 valence electrons. The standard InChI is InChI=1S/C13H22N2O2S.ClH/c1-4-11-10(2)9-12(18-11)13(16)15-6-5-14-7-8-17-3;/h9,14H,4-8H2,1-3H3,(H,15,16);1H. The van der Waals surface area contributed by atoms with Crippen LogP contribution in [0.4, 0.5) is 0 Å². The highest BCUT2D eigenvalue weighted by molar-refractivity contribution is 7.14. The van der Waals surface area contributed by atoms with Crippen molar-refractivity contribution in [1.29, 1.82) is 0 Å². The maximum atomic E-state index is 11.9. The molecule has 1 aromatic heterocycles. The zero-order valence-electron chi connectivity index (χ0n) is 11.7. The van der Waals surface area contributed by atoms with Gasteiger partial charge in [-0.25, -0.2) is 0 Å². The van der Waals surface area contributed by atoms with Gasteiger partial charge < -0.3 is 15.4 Å². The van der Waals surface area contributed by atoms with E-state index in [1.54, 1.807) is 18.4 Å². The van der Waals surface area contributed by atoms with Crippen molar-refractivity contribution >= 4 is 29.7 Å². The van der Waals surface area contributed by atoms with E-state index in [1.165, 1.54) is 10.4 Å². The Balaban J connectivity index is 0.00000324. The number of thiophene rings is 1. The molecule has 0 radical (unpaired) electrons. The molecule has 0 unspecified atom stereocenters. The van der Waals surface area contributed by atoms with Crippen LogP contribution in [0.25, 0.3) is 0 Å². The van der Waals surface area contributed by atoms with Gasteiger partial charge in [0.1, 0.15) is 0 Å². The molecule has 0 bridgehead atoms. The minimum atomic E-state index is 0. The first kappa shape index (κ1) is 18.4. The number of ether oxygens (including phenoxy) is 1. The van der Waals surface area contributed by atoms with Crippen LogP contribution in [-0.2, 0) is 11.2 Å². The smallest absolute Gasteiger partial charge is 0.261 e. The molecule has 1 aromatic rings. The van der Waals surface area contributed by atoms with Gasteiger partial charge >= 0.3 is 0 Å². The van der Waals surface area contributed by atoms with Crippen LogP contribution in [0.15, 0.2) is 6.07 Å². The fraction of sp³-hybridized carbons (Fsp3) is 0.615. The first-order valence-electron chi connectivity index (χ1n) is 6.26. The third-order valence-electron chi connectivity index (χ3n) is 2.64. The van der Waals surface area contributed by atoms with E-state index in [-0.39, 0.29) is 18.3 Å². The number of carbonyl (C=O) groups excluding carboxylic acids is 1. The number of hydrogen-bond acceptors (Lipinski definition) is 4. The molecule has 0 aliphatic carbocycles. The minimum Gasteiger partial charge on any atom is -0.383 e. The Morgan fingerprint density at radius 1 is 1.37 bits per heavy atom. The highest BCUT2D eigenvalue weighted by atomic mass is 35.5. The topological polar surface area (TPSA) is 50.4 Å². The van der Waals surface area contributed by atoms with E-state index in [9.17, 15) is 4.79 Å². The van der Waals surface area contributed by atoms with Crippen LogP contribution in [0, 0.1) is 6.92 Å². The van der Waals surface area contributed by atoms with Gasteiger partial charge in [-0.15, -0.1) is 23.7 Å². The van der Waals surface area contributed by atoms with Crippen LogP contribution in [0.5, 0.6) is 0 Å². The average molecular weight is 307 g/mol. The molecule has 0 aliphatic heterocycles. The minimum absolute atomic E-state index is 0. The predicted octanol–water partition coefficient (Wildman–Crippen LogP) is 2.01. The molecule has 1 heterocycles. The summed E-state index contributed by atoms with van der Waals surface area (Å²) in [5.41, 5.74) is 1.21. The van der Waals surface area contributed by atoms with Crippen molar-refractivity contribution in [1.82, 2.24) is 10.6 Å². The van der Waals surface area contributed by atoms with Gasteiger partial charge in [-0.2, -0.15) is 0 Å². The molecular weight excluding hydrogens is 284 g/mol. The van der Waals surface area contributed by atoms with Crippen molar-refractivity contribution < 1.29 is 9.53 Å². The van der Waals surface area contributed by atoms with E-state index in [2.05, 4.69) is 24.5 Å². The third kappa shape index (κ3) is 6.38. The summed E-state index contributed by atoms with van der Waals surface area (Å²) in [4.78, 5) is 14.0. The molecule has 0 aromatic carbocycles. The maximum Gasteiger partial charge on any atom is 0.261 e. The molecule has 0 aliphatic rings. The van der Waals surface area contributed by atoms with Crippen molar-refractivity contribution in [2.24, 2.45) is 0 Å². The Bertz CT molecular complexity index is 383. The average Bonchev–Trinajstić information content (AvgIpc) is 2.74. The van der Waals surface area contributed by atoms with E-state index in [0.717, 1.165) is 24.4 Å². The lowest BCUT2D eigenvalue weighted by atomic mass is 10.2. The lowest BCUT2D eigenvalue weighted by Gasteiger charge is -2.05. The van der Waals surface area contributed by atoms with E-state index in [4.69, 9.17) is 4.74 Å². The SMILES string of the molecule is CCc1sc(C(=O)NCCNCCOC)cc1C.Cl. The van der Waals surface area contributed by atoms with Crippen LogP contribution in [-0.4, -0.2) is 39.3 Å².